The van der Waals surface area contributed by atoms with Crippen LogP contribution in [0.15, 0.2) is 36.5 Å². The summed E-state index contributed by atoms with van der Waals surface area (Å²) in [6, 6.07) is 0. The maximum absolute atomic E-state index is 10.3. The largest absolute Gasteiger partial charge is 0.481 e. The molecule has 2 heteroatoms. The summed E-state index contributed by atoms with van der Waals surface area (Å²) in [6.45, 7) is 2.24. The fraction of sp³-hybridized carbons (Fsp3) is 0.650. The Morgan fingerprint density at radius 2 is 1.18 bits per heavy atom. The number of carbonyl (C=O) groups is 1. The number of carboxylic acids is 1. The molecule has 0 bridgehead atoms. The van der Waals surface area contributed by atoms with Crippen LogP contribution in [0.3, 0.4) is 0 Å². The van der Waals surface area contributed by atoms with E-state index >= 15 is 0 Å². The lowest BCUT2D eigenvalue weighted by molar-refractivity contribution is -0.137. The van der Waals surface area contributed by atoms with Crippen molar-refractivity contribution in [3.8, 4) is 0 Å². The quantitative estimate of drug-likeness (QED) is 0.279. The lowest BCUT2D eigenvalue weighted by Crippen LogP contribution is -1.92. The Morgan fingerprint density at radius 1 is 0.727 bits per heavy atom. The second-order valence-electron chi connectivity index (χ2n) is 5.72. The van der Waals surface area contributed by atoms with Gasteiger partial charge in [-0.05, 0) is 57.8 Å². The number of aliphatic carboxylic acids is 1. The minimum Gasteiger partial charge on any atom is -0.481 e. The Balaban J connectivity index is 3.26. The summed E-state index contributed by atoms with van der Waals surface area (Å²) in [4.78, 5) is 10.3. The standard InChI is InChI=1S/C20H34O2/c1-2-3-4-5-6-7-8-9-10-11-12-13-14-15-16-17-18-19-20(21)22/h6-7,9-10,15-16H,2-5,8,11-14,17-19H2,1H3,(H,21,22)/b7-6+,10-9+,16-15-. The van der Waals surface area contributed by atoms with Crippen molar-refractivity contribution in [3.05, 3.63) is 36.5 Å². The van der Waals surface area contributed by atoms with Gasteiger partial charge in [0.05, 0.1) is 0 Å². The third kappa shape index (κ3) is 18.7. The van der Waals surface area contributed by atoms with Gasteiger partial charge in [-0.2, -0.15) is 0 Å². The molecular formula is C20H34O2. The Bertz CT molecular complexity index is 327. The zero-order valence-electron chi connectivity index (χ0n) is 14.3. The Morgan fingerprint density at radius 3 is 1.68 bits per heavy atom. The molecule has 0 heterocycles. The van der Waals surface area contributed by atoms with Crippen LogP contribution in [0.25, 0.3) is 0 Å². The first-order valence-corrected chi connectivity index (χ1v) is 8.94. The number of rotatable bonds is 15. The molecule has 0 spiro atoms. The Hall–Kier alpha value is -1.31. The molecule has 0 unspecified atom stereocenters. The zero-order chi connectivity index (χ0) is 16.3. The average molecular weight is 306 g/mol. The molecule has 0 saturated carbocycles. The van der Waals surface area contributed by atoms with Crippen LogP contribution >= 0.6 is 0 Å². The Kier molecular flexibility index (Phi) is 16.7. The van der Waals surface area contributed by atoms with Gasteiger partial charge >= 0.3 is 5.97 Å². The van der Waals surface area contributed by atoms with Crippen LogP contribution in [0.5, 0.6) is 0 Å². The minimum absolute atomic E-state index is 0.280. The first kappa shape index (κ1) is 20.7. The van der Waals surface area contributed by atoms with Crippen molar-refractivity contribution in [1.29, 1.82) is 0 Å². The predicted octanol–water partition coefficient (Wildman–Crippen LogP) is 6.44. The number of hydrogen-bond donors (Lipinski definition) is 1. The monoisotopic (exact) mass is 306 g/mol. The van der Waals surface area contributed by atoms with Gasteiger partial charge < -0.3 is 5.11 Å². The average Bonchev–Trinajstić information content (AvgIpc) is 2.50. The van der Waals surface area contributed by atoms with E-state index in [1.165, 1.54) is 38.5 Å². The highest BCUT2D eigenvalue weighted by Gasteiger charge is 1.93. The molecule has 0 aliphatic rings. The topological polar surface area (TPSA) is 37.3 Å². The Labute approximate surface area is 137 Å². The van der Waals surface area contributed by atoms with Gasteiger partial charge in [0, 0.05) is 6.42 Å². The van der Waals surface area contributed by atoms with E-state index in [9.17, 15) is 4.79 Å². The molecule has 0 fully saturated rings. The van der Waals surface area contributed by atoms with Crippen molar-refractivity contribution in [3.63, 3.8) is 0 Å². The molecular weight excluding hydrogens is 272 g/mol. The lowest BCUT2D eigenvalue weighted by Gasteiger charge is -1.94. The molecule has 0 saturated heterocycles. The van der Waals surface area contributed by atoms with Crippen LogP contribution in [-0.4, -0.2) is 11.1 Å². The number of hydrogen-bond acceptors (Lipinski definition) is 1. The number of allylic oxidation sites excluding steroid dienone is 6. The summed E-state index contributed by atoms with van der Waals surface area (Å²) in [5, 5.41) is 8.50. The van der Waals surface area contributed by atoms with Crippen molar-refractivity contribution < 1.29 is 9.90 Å². The van der Waals surface area contributed by atoms with Gasteiger partial charge in [0.15, 0.2) is 0 Å². The van der Waals surface area contributed by atoms with Crippen LogP contribution < -0.4 is 0 Å². The summed E-state index contributed by atoms with van der Waals surface area (Å²) in [5.74, 6) is -0.698. The van der Waals surface area contributed by atoms with Crippen molar-refractivity contribution in [2.24, 2.45) is 0 Å². The number of unbranched alkanes of at least 4 members (excludes halogenated alkanes) is 7. The third-order valence-corrected chi connectivity index (χ3v) is 3.50. The van der Waals surface area contributed by atoms with E-state index in [1.54, 1.807) is 0 Å². The van der Waals surface area contributed by atoms with Crippen molar-refractivity contribution in [2.75, 3.05) is 0 Å². The molecule has 0 aromatic carbocycles. The molecule has 0 aromatic heterocycles. The van der Waals surface area contributed by atoms with Gasteiger partial charge in [-0.3, -0.25) is 4.79 Å². The van der Waals surface area contributed by atoms with Gasteiger partial charge in [0.25, 0.3) is 0 Å². The second-order valence-corrected chi connectivity index (χ2v) is 5.72. The van der Waals surface area contributed by atoms with Gasteiger partial charge in [0.2, 0.25) is 0 Å². The van der Waals surface area contributed by atoms with Gasteiger partial charge in [-0.15, -0.1) is 0 Å². The summed E-state index contributed by atoms with van der Waals surface area (Å²) >= 11 is 0. The van der Waals surface area contributed by atoms with Gasteiger partial charge in [-0.25, -0.2) is 0 Å². The minimum atomic E-state index is -0.698. The van der Waals surface area contributed by atoms with Crippen LogP contribution in [-0.2, 0) is 4.79 Å². The number of carboxylic acid groups (broad SMARTS) is 1. The molecule has 0 rings (SSSR count). The summed E-state index contributed by atoms with van der Waals surface area (Å²) in [7, 11) is 0. The molecule has 0 amide bonds. The molecule has 0 radical (unpaired) electrons. The summed E-state index contributed by atoms with van der Waals surface area (Å²) < 4.78 is 0. The molecule has 1 N–H and O–H groups in total. The zero-order valence-corrected chi connectivity index (χ0v) is 14.3. The van der Waals surface area contributed by atoms with E-state index in [0.717, 1.165) is 32.1 Å². The van der Waals surface area contributed by atoms with Crippen molar-refractivity contribution in [1.82, 2.24) is 0 Å². The van der Waals surface area contributed by atoms with E-state index in [-0.39, 0.29) is 6.42 Å². The van der Waals surface area contributed by atoms with E-state index in [2.05, 4.69) is 43.4 Å². The third-order valence-electron chi connectivity index (χ3n) is 3.50. The first-order valence-electron chi connectivity index (χ1n) is 8.94. The fourth-order valence-corrected chi connectivity index (χ4v) is 2.15. The molecule has 126 valence electrons. The second kappa shape index (κ2) is 17.7. The highest BCUT2D eigenvalue weighted by atomic mass is 16.4. The molecule has 0 aliphatic heterocycles. The summed E-state index contributed by atoms with van der Waals surface area (Å²) in [5.41, 5.74) is 0. The highest BCUT2D eigenvalue weighted by molar-refractivity contribution is 5.66. The van der Waals surface area contributed by atoms with Crippen LogP contribution in [0, 0.1) is 0 Å². The summed E-state index contributed by atoms with van der Waals surface area (Å²) in [6.07, 6.45) is 26.3. The molecule has 0 atom stereocenters. The highest BCUT2D eigenvalue weighted by Crippen LogP contribution is 2.05. The van der Waals surface area contributed by atoms with E-state index in [4.69, 9.17) is 5.11 Å². The van der Waals surface area contributed by atoms with Gasteiger partial charge in [0.1, 0.15) is 0 Å². The first-order chi connectivity index (χ1) is 10.8. The van der Waals surface area contributed by atoms with Crippen LogP contribution in [0.4, 0.5) is 0 Å². The van der Waals surface area contributed by atoms with Crippen molar-refractivity contribution in [2.45, 2.75) is 84.0 Å². The van der Waals surface area contributed by atoms with Crippen LogP contribution in [0.1, 0.15) is 84.0 Å². The molecule has 0 aliphatic carbocycles. The maximum atomic E-state index is 10.3. The normalized spacial score (nSPS) is 12.0. The molecule has 2 nitrogen and oxygen atoms in total. The fourth-order valence-electron chi connectivity index (χ4n) is 2.15. The molecule has 0 aromatic rings. The van der Waals surface area contributed by atoms with E-state index in [1.807, 2.05) is 0 Å². The smallest absolute Gasteiger partial charge is 0.303 e. The maximum Gasteiger partial charge on any atom is 0.303 e. The van der Waals surface area contributed by atoms with E-state index in [0.29, 0.717) is 0 Å². The van der Waals surface area contributed by atoms with Gasteiger partial charge in [-0.1, -0.05) is 56.2 Å². The predicted molar refractivity (Wildman–Crippen MR) is 96.1 cm³/mol. The van der Waals surface area contributed by atoms with Crippen LogP contribution in [0.2, 0.25) is 0 Å². The SMILES string of the molecule is CCCCC/C=C/C/C=C/CCCC/C=C\CCCC(=O)O. The van der Waals surface area contributed by atoms with Crippen molar-refractivity contribution >= 4 is 5.97 Å². The molecule has 22 heavy (non-hydrogen) atoms. The van der Waals surface area contributed by atoms with E-state index < -0.39 is 5.97 Å². The lowest BCUT2D eigenvalue weighted by atomic mass is 10.1.